The maximum atomic E-state index is 10.1. The van der Waals surface area contributed by atoms with E-state index in [0.29, 0.717) is 6.61 Å². The van der Waals surface area contributed by atoms with Crippen LogP contribution < -0.4 is 10.1 Å². The molecule has 1 aromatic carbocycles. The van der Waals surface area contributed by atoms with Crippen LogP contribution in [0.25, 0.3) is 0 Å². The van der Waals surface area contributed by atoms with Crippen LogP contribution in [0.5, 0.6) is 5.75 Å². The van der Waals surface area contributed by atoms with E-state index >= 15 is 0 Å². The molecule has 0 amide bonds. The first-order chi connectivity index (χ1) is 10.2. The lowest BCUT2D eigenvalue weighted by Gasteiger charge is -2.31. The van der Waals surface area contributed by atoms with Crippen LogP contribution in [0, 0.1) is 0 Å². The Balaban J connectivity index is 2.07. The zero-order valence-electron chi connectivity index (χ0n) is 13.3. The van der Waals surface area contributed by atoms with E-state index < -0.39 is 0 Å². The number of hydrogen-bond acceptors (Lipinski definition) is 4. The van der Waals surface area contributed by atoms with Crippen molar-refractivity contribution in [2.75, 3.05) is 14.2 Å². The molecule has 1 saturated carbocycles. The molecule has 0 spiro atoms. The number of ether oxygens (including phenoxy) is 2. The molecular weight excluding hydrogens is 266 g/mol. The molecule has 3 atom stereocenters. The van der Waals surface area contributed by atoms with Crippen molar-refractivity contribution in [1.29, 1.82) is 0 Å². The zero-order valence-corrected chi connectivity index (χ0v) is 13.3. The van der Waals surface area contributed by atoms with Gasteiger partial charge in [-0.15, -0.1) is 0 Å². The van der Waals surface area contributed by atoms with Crippen molar-refractivity contribution in [3.05, 3.63) is 29.3 Å². The average molecular weight is 293 g/mol. The highest BCUT2D eigenvalue weighted by Gasteiger charge is 2.24. The van der Waals surface area contributed by atoms with Gasteiger partial charge in [-0.1, -0.05) is 18.9 Å². The van der Waals surface area contributed by atoms with Gasteiger partial charge >= 0.3 is 0 Å². The van der Waals surface area contributed by atoms with E-state index in [1.54, 1.807) is 14.2 Å². The van der Waals surface area contributed by atoms with Crippen molar-refractivity contribution in [2.45, 2.75) is 57.4 Å². The molecule has 0 radical (unpaired) electrons. The summed E-state index contributed by atoms with van der Waals surface area (Å²) in [7, 11) is 3.36. The molecule has 1 aliphatic rings. The second-order valence-corrected chi connectivity index (χ2v) is 5.85. The van der Waals surface area contributed by atoms with Crippen LogP contribution in [0.4, 0.5) is 0 Å². The quantitative estimate of drug-likeness (QED) is 0.847. The van der Waals surface area contributed by atoms with E-state index in [4.69, 9.17) is 9.47 Å². The smallest absolute Gasteiger partial charge is 0.124 e. The van der Waals surface area contributed by atoms with Gasteiger partial charge in [-0.2, -0.15) is 0 Å². The topological polar surface area (TPSA) is 50.7 Å². The van der Waals surface area contributed by atoms with Crippen molar-refractivity contribution in [2.24, 2.45) is 0 Å². The van der Waals surface area contributed by atoms with Gasteiger partial charge in [-0.25, -0.2) is 0 Å². The molecule has 0 heterocycles. The van der Waals surface area contributed by atoms with E-state index in [0.717, 1.165) is 30.6 Å². The van der Waals surface area contributed by atoms with Crippen LogP contribution in [0.2, 0.25) is 0 Å². The lowest BCUT2D eigenvalue weighted by Crippen LogP contribution is -2.43. The summed E-state index contributed by atoms with van der Waals surface area (Å²) in [6.07, 6.45) is 4.06. The maximum Gasteiger partial charge on any atom is 0.124 e. The van der Waals surface area contributed by atoms with Gasteiger partial charge < -0.3 is 19.9 Å². The van der Waals surface area contributed by atoms with Gasteiger partial charge in [0.25, 0.3) is 0 Å². The third kappa shape index (κ3) is 4.19. The van der Waals surface area contributed by atoms with E-state index in [9.17, 15) is 5.11 Å². The highest BCUT2D eigenvalue weighted by atomic mass is 16.5. The van der Waals surface area contributed by atoms with Crippen molar-refractivity contribution < 1.29 is 14.6 Å². The van der Waals surface area contributed by atoms with Crippen molar-refractivity contribution >= 4 is 0 Å². The van der Waals surface area contributed by atoms with Crippen molar-refractivity contribution in [3.63, 3.8) is 0 Å². The Bertz CT molecular complexity index is 450. The second-order valence-electron chi connectivity index (χ2n) is 5.85. The number of nitrogens with one attached hydrogen (secondary N) is 1. The van der Waals surface area contributed by atoms with E-state index in [1.165, 1.54) is 12.0 Å². The molecule has 4 nitrogen and oxygen atoms in total. The number of hydrogen-bond donors (Lipinski definition) is 2. The Morgan fingerprint density at radius 3 is 2.71 bits per heavy atom. The summed E-state index contributed by atoms with van der Waals surface area (Å²) < 4.78 is 10.6. The molecule has 3 unspecified atom stereocenters. The van der Waals surface area contributed by atoms with Crippen LogP contribution in [-0.2, 0) is 11.3 Å². The average Bonchev–Trinajstić information content (AvgIpc) is 2.50. The first kappa shape index (κ1) is 16.3. The maximum absolute atomic E-state index is 10.1. The Kier molecular flexibility index (Phi) is 6.03. The summed E-state index contributed by atoms with van der Waals surface area (Å²) in [5, 5.41) is 13.6. The first-order valence-electron chi connectivity index (χ1n) is 7.75. The summed E-state index contributed by atoms with van der Waals surface area (Å²) in [5.74, 6) is 0.852. The Hall–Kier alpha value is -1.10. The van der Waals surface area contributed by atoms with E-state index in [2.05, 4.69) is 24.4 Å². The van der Waals surface area contributed by atoms with Gasteiger partial charge in [0.2, 0.25) is 0 Å². The fourth-order valence-corrected chi connectivity index (χ4v) is 3.06. The molecule has 0 saturated heterocycles. The molecule has 0 aliphatic heterocycles. The standard InChI is InChI=1S/C17H27NO3/c1-12(18-15-6-4-5-7-16(15)19)13-8-9-17(21-3)14(10-13)11-20-2/h8-10,12,15-16,18-19H,4-7,11H2,1-3H3. The van der Waals surface area contributed by atoms with Gasteiger partial charge in [-0.3, -0.25) is 0 Å². The van der Waals surface area contributed by atoms with Crippen LogP contribution in [0.3, 0.4) is 0 Å². The van der Waals surface area contributed by atoms with Crippen LogP contribution in [-0.4, -0.2) is 31.5 Å². The monoisotopic (exact) mass is 293 g/mol. The molecule has 21 heavy (non-hydrogen) atoms. The third-order valence-electron chi connectivity index (χ3n) is 4.30. The number of rotatable bonds is 6. The van der Waals surface area contributed by atoms with Crippen molar-refractivity contribution in [1.82, 2.24) is 5.32 Å². The van der Waals surface area contributed by atoms with Crippen LogP contribution in [0.1, 0.15) is 49.8 Å². The normalized spacial score (nSPS) is 23.8. The van der Waals surface area contributed by atoms with Crippen LogP contribution >= 0.6 is 0 Å². The fourth-order valence-electron chi connectivity index (χ4n) is 3.06. The Labute approximate surface area is 127 Å². The predicted molar refractivity (Wildman–Crippen MR) is 83.5 cm³/mol. The van der Waals surface area contributed by atoms with Gasteiger partial charge in [-0.05, 0) is 37.5 Å². The summed E-state index contributed by atoms with van der Waals surface area (Å²) in [5.41, 5.74) is 2.25. The number of aliphatic hydroxyl groups is 1. The van der Waals surface area contributed by atoms with Crippen LogP contribution in [0.15, 0.2) is 18.2 Å². The summed E-state index contributed by atoms with van der Waals surface area (Å²) in [6.45, 7) is 2.68. The third-order valence-corrected chi connectivity index (χ3v) is 4.30. The largest absolute Gasteiger partial charge is 0.496 e. The SMILES string of the molecule is COCc1cc(C(C)NC2CCCCC2O)ccc1OC. The minimum Gasteiger partial charge on any atom is -0.496 e. The molecule has 1 fully saturated rings. The molecule has 118 valence electrons. The van der Waals surface area contributed by atoms with Gasteiger partial charge in [0.05, 0.1) is 19.8 Å². The van der Waals surface area contributed by atoms with Gasteiger partial charge in [0.15, 0.2) is 0 Å². The molecular formula is C17H27NO3. The number of benzene rings is 1. The molecule has 2 rings (SSSR count). The highest BCUT2D eigenvalue weighted by molar-refractivity contribution is 5.38. The molecule has 1 aliphatic carbocycles. The predicted octanol–water partition coefficient (Wildman–Crippen LogP) is 2.80. The molecule has 2 N–H and O–H groups in total. The zero-order chi connectivity index (χ0) is 15.2. The molecule has 1 aromatic rings. The number of aliphatic hydroxyl groups excluding tert-OH is 1. The molecule has 0 bridgehead atoms. The lowest BCUT2D eigenvalue weighted by atomic mass is 9.91. The highest BCUT2D eigenvalue weighted by Crippen LogP contribution is 2.26. The van der Waals surface area contributed by atoms with Gasteiger partial charge in [0, 0.05) is 24.8 Å². The Morgan fingerprint density at radius 1 is 1.29 bits per heavy atom. The first-order valence-corrected chi connectivity index (χ1v) is 7.75. The molecule has 0 aromatic heterocycles. The minimum absolute atomic E-state index is 0.196. The summed E-state index contributed by atoms with van der Waals surface area (Å²) >= 11 is 0. The van der Waals surface area contributed by atoms with E-state index in [-0.39, 0.29) is 18.2 Å². The second kappa shape index (κ2) is 7.78. The summed E-state index contributed by atoms with van der Waals surface area (Å²) in [4.78, 5) is 0. The lowest BCUT2D eigenvalue weighted by molar-refractivity contribution is 0.0859. The molecule has 4 heteroatoms. The summed E-state index contributed by atoms with van der Waals surface area (Å²) in [6, 6.07) is 6.57. The Morgan fingerprint density at radius 2 is 2.05 bits per heavy atom. The fraction of sp³-hybridized carbons (Fsp3) is 0.647. The van der Waals surface area contributed by atoms with Crippen molar-refractivity contribution in [3.8, 4) is 5.75 Å². The number of methoxy groups -OCH3 is 2. The minimum atomic E-state index is -0.224. The van der Waals surface area contributed by atoms with E-state index in [1.807, 2.05) is 6.07 Å². The van der Waals surface area contributed by atoms with Gasteiger partial charge in [0.1, 0.15) is 5.75 Å².